The molecule has 0 radical (unpaired) electrons. The molecule has 4 nitrogen and oxygen atoms in total. The number of rotatable bonds is 3. The number of benzene rings is 1. The van der Waals surface area contributed by atoms with Crippen LogP contribution in [0.25, 0.3) is 0 Å². The molecule has 1 aromatic carbocycles. The number of halogens is 2. The van der Waals surface area contributed by atoms with Gasteiger partial charge in [-0.2, -0.15) is 0 Å². The highest BCUT2D eigenvalue weighted by atomic mass is 35.5. The standard InChI is InChI=1S/C14H15Cl2NO3/c15-11-5-4-9(7-12(11)16)14(20)17-6-2-1-3-10(17)8-13(18)19/h4-5,7,10H,1-3,6,8H2,(H,18,19). The Morgan fingerprint density at radius 1 is 1.25 bits per heavy atom. The molecular formula is C14H15Cl2NO3. The Morgan fingerprint density at radius 2 is 2.00 bits per heavy atom. The predicted octanol–water partition coefficient (Wildman–Crippen LogP) is 3.46. The van der Waals surface area contributed by atoms with E-state index in [1.54, 1.807) is 17.0 Å². The molecule has 0 aliphatic carbocycles. The third kappa shape index (κ3) is 3.44. The number of carbonyl (C=O) groups is 2. The van der Waals surface area contributed by atoms with E-state index in [2.05, 4.69) is 0 Å². The first kappa shape index (κ1) is 15.1. The van der Waals surface area contributed by atoms with Crippen LogP contribution in [-0.2, 0) is 4.79 Å². The quantitative estimate of drug-likeness (QED) is 0.929. The first-order chi connectivity index (χ1) is 9.49. The van der Waals surface area contributed by atoms with Crippen molar-refractivity contribution in [3.05, 3.63) is 33.8 Å². The molecule has 1 amide bonds. The average Bonchev–Trinajstić information content (AvgIpc) is 2.41. The summed E-state index contributed by atoms with van der Waals surface area (Å²) in [5, 5.41) is 9.66. The number of aliphatic carboxylic acids is 1. The predicted molar refractivity (Wildman–Crippen MR) is 77.4 cm³/mol. The van der Waals surface area contributed by atoms with E-state index in [-0.39, 0.29) is 18.4 Å². The minimum atomic E-state index is -0.885. The van der Waals surface area contributed by atoms with Gasteiger partial charge >= 0.3 is 5.97 Å². The smallest absolute Gasteiger partial charge is 0.305 e. The molecule has 1 aromatic rings. The third-order valence-corrected chi connectivity index (χ3v) is 4.20. The molecule has 1 heterocycles. The highest BCUT2D eigenvalue weighted by molar-refractivity contribution is 6.42. The Kier molecular flexibility index (Phi) is 4.89. The number of carbonyl (C=O) groups excluding carboxylic acids is 1. The number of amides is 1. The average molecular weight is 316 g/mol. The molecule has 0 aromatic heterocycles. The zero-order valence-electron chi connectivity index (χ0n) is 10.8. The van der Waals surface area contributed by atoms with Gasteiger partial charge < -0.3 is 10.0 Å². The summed E-state index contributed by atoms with van der Waals surface area (Å²) in [6, 6.07) is 4.47. The van der Waals surface area contributed by atoms with Crippen molar-refractivity contribution in [1.29, 1.82) is 0 Å². The second-order valence-electron chi connectivity index (χ2n) is 4.87. The van der Waals surface area contributed by atoms with E-state index >= 15 is 0 Å². The van der Waals surface area contributed by atoms with Crippen LogP contribution in [0.1, 0.15) is 36.0 Å². The Labute approximate surface area is 127 Å². The highest BCUT2D eigenvalue weighted by Gasteiger charge is 2.29. The van der Waals surface area contributed by atoms with Crippen LogP contribution in [0, 0.1) is 0 Å². The lowest BCUT2D eigenvalue weighted by atomic mass is 9.98. The van der Waals surface area contributed by atoms with Gasteiger partial charge in [-0.25, -0.2) is 0 Å². The van der Waals surface area contributed by atoms with Crippen molar-refractivity contribution in [3.63, 3.8) is 0 Å². The van der Waals surface area contributed by atoms with Crippen molar-refractivity contribution in [1.82, 2.24) is 4.90 Å². The Bertz CT molecular complexity index is 533. The molecule has 20 heavy (non-hydrogen) atoms. The second-order valence-corrected chi connectivity index (χ2v) is 5.69. The largest absolute Gasteiger partial charge is 0.481 e. The molecule has 1 aliphatic heterocycles. The van der Waals surface area contributed by atoms with Crippen LogP contribution >= 0.6 is 23.2 Å². The van der Waals surface area contributed by atoms with Crippen molar-refractivity contribution in [2.45, 2.75) is 31.7 Å². The molecule has 1 atom stereocenters. The lowest BCUT2D eigenvalue weighted by Crippen LogP contribution is -2.44. The highest BCUT2D eigenvalue weighted by Crippen LogP contribution is 2.26. The number of hydrogen-bond donors (Lipinski definition) is 1. The van der Waals surface area contributed by atoms with Gasteiger partial charge in [0.05, 0.1) is 16.5 Å². The van der Waals surface area contributed by atoms with Gasteiger partial charge in [0.15, 0.2) is 0 Å². The van der Waals surface area contributed by atoms with Gasteiger partial charge in [0.1, 0.15) is 0 Å². The summed E-state index contributed by atoms with van der Waals surface area (Å²) in [6.45, 7) is 0.580. The van der Waals surface area contributed by atoms with E-state index in [4.69, 9.17) is 28.3 Å². The van der Waals surface area contributed by atoms with Crippen LogP contribution < -0.4 is 0 Å². The summed E-state index contributed by atoms with van der Waals surface area (Å²) < 4.78 is 0. The third-order valence-electron chi connectivity index (χ3n) is 3.46. The topological polar surface area (TPSA) is 57.6 Å². The van der Waals surface area contributed by atoms with E-state index in [0.29, 0.717) is 22.2 Å². The monoisotopic (exact) mass is 315 g/mol. The van der Waals surface area contributed by atoms with Gasteiger partial charge in [-0.15, -0.1) is 0 Å². The van der Waals surface area contributed by atoms with Gasteiger partial charge in [0.2, 0.25) is 0 Å². The van der Waals surface area contributed by atoms with Gasteiger partial charge in [0, 0.05) is 18.2 Å². The number of hydrogen-bond acceptors (Lipinski definition) is 2. The van der Waals surface area contributed by atoms with Gasteiger partial charge in [0.25, 0.3) is 5.91 Å². The first-order valence-electron chi connectivity index (χ1n) is 6.47. The van der Waals surface area contributed by atoms with Crippen LogP contribution in [0.5, 0.6) is 0 Å². The van der Waals surface area contributed by atoms with Crippen molar-refractivity contribution < 1.29 is 14.7 Å². The summed E-state index contributed by atoms with van der Waals surface area (Å²) >= 11 is 11.8. The Hall–Kier alpha value is -1.26. The molecule has 0 spiro atoms. The van der Waals surface area contributed by atoms with E-state index in [9.17, 15) is 9.59 Å². The molecular weight excluding hydrogens is 301 g/mol. The van der Waals surface area contributed by atoms with Crippen molar-refractivity contribution in [2.75, 3.05) is 6.54 Å². The van der Waals surface area contributed by atoms with Crippen LogP contribution in [0.2, 0.25) is 10.0 Å². The van der Waals surface area contributed by atoms with E-state index in [1.165, 1.54) is 6.07 Å². The zero-order valence-corrected chi connectivity index (χ0v) is 12.3. The van der Waals surface area contributed by atoms with Crippen molar-refractivity contribution >= 4 is 35.1 Å². The lowest BCUT2D eigenvalue weighted by Gasteiger charge is -2.35. The molecule has 1 fully saturated rings. The molecule has 1 N–H and O–H groups in total. The molecule has 1 saturated heterocycles. The fourth-order valence-electron chi connectivity index (χ4n) is 2.48. The van der Waals surface area contributed by atoms with Gasteiger partial charge in [-0.1, -0.05) is 23.2 Å². The van der Waals surface area contributed by atoms with E-state index < -0.39 is 5.97 Å². The number of nitrogens with zero attached hydrogens (tertiary/aromatic N) is 1. The maximum Gasteiger partial charge on any atom is 0.305 e. The van der Waals surface area contributed by atoms with E-state index in [1.807, 2.05) is 0 Å². The van der Waals surface area contributed by atoms with E-state index in [0.717, 1.165) is 19.3 Å². The SMILES string of the molecule is O=C(O)CC1CCCCN1C(=O)c1ccc(Cl)c(Cl)c1. The Morgan fingerprint density at radius 3 is 2.65 bits per heavy atom. The minimum Gasteiger partial charge on any atom is -0.481 e. The van der Waals surface area contributed by atoms with Crippen LogP contribution in [0.15, 0.2) is 18.2 Å². The summed E-state index contributed by atoms with van der Waals surface area (Å²) in [5.41, 5.74) is 0.441. The van der Waals surface area contributed by atoms with Crippen molar-refractivity contribution in [3.8, 4) is 0 Å². The Balaban J connectivity index is 2.20. The number of piperidine rings is 1. The number of carboxylic acid groups (broad SMARTS) is 1. The first-order valence-corrected chi connectivity index (χ1v) is 7.22. The molecule has 0 saturated carbocycles. The van der Waals surface area contributed by atoms with Crippen LogP contribution in [0.4, 0.5) is 0 Å². The zero-order chi connectivity index (χ0) is 14.7. The fourth-order valence-corrected chi connectivity index (χ4v) is 2.77. The van der Waals surface area contributed by atoms with Crippen molar-refractivity contribution in [2.24, 2.45) is 0 Å². The summed E-state index contributed by atoms with van der Waals surface area (Å²) in [7, 11) is 0. The molecule has 2 rings (SSSR count). The van der Waals surface area contributed by atoms with Crippen LogP contribution in [0.3, 0.4) is 0 Å². The lowest BCUT2D eigenvalue weighted by molar-refractivity contribution is -0.138. The summed E-state index contributed by atoms with van der Waals surface area (Å²) in [6.07, 6.45) is 2.54. The van der Waals surface area contributed by atoms with Crippen LogP contribution in [-0.4, -0.2) is 34.5 Å². The van der Waals surface area contributed by atoms with Gasteiger partial charge in [-0.05, 0) is 37.5 Å². The second kappa shape index (κ2) is 6.46. The molecule has 1 aliphatic rings. The molecule has 6 heteroatoms. The number of likely N-dealkylation sites (tertiary alicyclic amines) is 1. The normalized spacial score (nSPS) is 18.9. The minimum absolute atomic E-state index is 0.0208. The number of carboxylic acids is 1. The fraction of sp³-hybridized carbons (Fsp3) is 0.429. The molecule has 0 bridgehead atoms. The summed E-state index contributed by atoms with van der Waals surface area (Å²) in [4.78, 5) is 25.0. The maximum atomic E-state index is 12.5. The maximum absolute atomic E-state index is 12.5. The molecule has 1 unspecified atom stereocenters. The van der Waals surface area contributed by atoms with Gasteiger partial charge in [-0.3, -0.25) is 9.59 Å². The molecule has 108 valence electrons. The summed E-state index contributed by atoms with van der Waals surface area (Å²) in [5.74, 6) is -1.07.